The molecular formula is C20H23ClN8O2. The summed E-state index contributed by atoms with van der Waals surface area (Å²) in [5, 5.41) is 0.410. The van der Waals surface area contributed by atoms with Crippen LogP contribution in [0.25, 0.3) is 22.6 Å². The number of nitrogens with two attached hydrogens (primary N) is 1. The van der Waals surface area contributed by atoms with Gasteiger partial charge < -0.3 is 15.4 Å². The highest BCUT2D eigenvalue weighted by molar-refractivity contribution is 6.29. The maximum atomic E-state index is 11.4. The maximum Gasteiger partial charge on any atom is 0.286 e. The lowest BCUT2D eigenvalue weighted by atomic mass is 10.2. The van der Waals surface area contributed by atoms with Crippen molar-refractivity contribution in [2.45, 2.75) is 39.3 Å². The van der Waals surface area contributed by atoms with Gasteiger partial charge in [-0.25, -0.2) is 24.9 Å². The Hall–Kier alpha value is -2.85. The van der Waals surface area contributed by atoms with Crippen LogP contribution in [0.15, 0.2) is 6.20 Å². The average Bonchev–Trinajstić information content (AvgIpc) is 3.51. The molecule has 11 heteroatoms. The predicted octanol–water partition coefficient (Wildman–Crippen LogP) is 1.98. The zero-order chi connectivity index (χ0) is 21.7. The van der Waals surface area contributed by atoms with Crippen molar-refractivity contribution in [3.63, 3.8) is 0 Å². The van der Waals surface area contributed by atoms with Gasteiger partial charge in [-0.3, -0.25) is 9.36 Å². The Labute approximate surface area is 183 Å². The number of ether oxygens (including phenoxy) is 1. The third-order valence-corrected chi connectivity index (χ3v) is 6.04. The van der Waals surface area contributed by atoms with E-state index in [0.717, 1.165) is 6.54 Å². The molecule has 0 unspecified atom stereocenters. The molecule has 0 bridgehead atoms. The normalized spacial score (nSPS) is 19.2. The number of anilines is 1. The molecular weight excluding hydrogens is 420 g/mol. The molecule has 2 N–H and O–H groups in total. The number of primary amides is 1. The topological polar surface area (TPSA) is 125 Å². The van der Waals surface area contributed by atoms with Gasteiger partial charge in [-0.05, 0) is 44.2 Å². The third-order valence-electron chi connectivity index (χ3n) is 5.75. The maximum absolute atomic E-state index is 11.4. The van der Waals surface area contributed by atoms with Gasteiger partial charge >= 0.3 is 0 Å². The second kappa shape index (κ2) is 7.69. The second-order valence-corrected chi connectivity index (χ2v) is 8.49. The number of carbonyl (C=O) groups excluding carboxylic acids is 1. The van der Waals surface area contributed by atoms with Crippen molar-refractivity contribution >= 4 is 34.5 Å². The van der Waals surface area contributed by atoms with E-state index in [-0.39, 0.29) is 11.9 Å². The molecule has 1 saturated heterocycles. The van der Waals surface area contributed by atoms with Gasteiger partial charge in [-0.2, -0.15) is 0 Å². The number of hydrogen-bond acceptors (Lipinski definition) is 8. The fourth-order valence-electron chi connectivity index (χ4n) is 3.85. The van der Waals surface area contributed by atoms with E-state index >= 15 is 0 Å². The second-order valence-electron chi connectivity index (χ2n) is 8.15. The van der Waals surface area contributed by atoms with Crippen LogP contribution in [0, 0.1) is 12.8 Å². The van der Waals surface area contributed by atoms with Crippen molar-refractivity contribution in [2.24, 2.45) is 11.7 Å². The largest absolute Gasteiger partial charge is 0.377 e. The SMILES string of the molecule is Cc1nc(C(N)=O)ncc1-c1nc(N2CCOC[C@@H]2C)c2nc(Cl)n(CC3CC3)c2n1. The van der Waals surface area contributed by atoms with E-state index in [1.54, 1.807) is 13.1 Å². The summed E-state index contributed by atoms with van der Waals surface area (Å²) in [4.78, 5) is 36.2. The standard InChI is InChI=1S/C20H23ClN8O2/c1-10-9-31-6-5-28(10)18-14-19(29(20(21)25-14)8-12-3-4-12)27-16(26-18)13-7-23-17(15(22)30)24-11(13)2/h7,10,12H,3-6,8-9H2,1-2H3,(H2,22,30)/t10-/m0/s1. The lowest BCUT2D eigenvalue weighted by Crippen LogP contribution is -2.44. The molecule has 1 atom stereocenters. The monoisotopic (exact) mass is 442 g/mol. The Balaban J connectivity index is 1.70. The number of rotatable bonds is 5. The molecule has 2 fully saturated rings. The number of nitrogens with zero attached hydrogens (tertiary/aromatic N) is 7. The summed E-state index contributed by atoms with van der Waals surface area (Å²) in [5.41, 5.74) is 7.88. The van der Waals surface area contributed by atoms with Crippen LogP contribution in [0.1, 0.15) is 36.1 Å². The number of fused-ring (bicyclic) bond motifs is 1. The van der Waals surface area contributed by atoms with Gasteiger partial charge in [-0.15, -0.1) is 0 Å². The quantitative estimate of drug-likeness (QED) is 0.594. The number of hydrogen-bond donors (Lipinski definition) is 1. The summed E-state index contributed by atoms with van der Waals surface area (Å²) in [6, 6.07) is 0.127. The van der Waals surface area contributed by atoms with Crippen molar-refractivity contribution < 1.29 is 9.53 Å². The molecule has 1 aliphatic carbocycles. The van der Waals surface area contributed by atoms with Crippen LogP contribution in [0.2, 0.25) is 5.28 Å². The highest BCUT2D eigenvalue weighted by atomic mass is 35.5. The van der Waals surface area contributed by atoms with Crippen molar-refractivity contribution in [3.8, 4) is 11.4 Å². The molecule has 3 aromatic rings. The van der Waals surface area contributed by atoms with Crippen LogP contribution < -0.4 is 10.6 Å². The number of morpholine rings is 1. The zero-order valence-corrected chi connectivity index (χ0v) is 18.1. The molecule has 1 saturated carbocycles. The Kier molecular flexibility index (Phi) is 4.98. The molecule has 10 nitrogen and oxygen atoms in total. The van der Waals surface area contributed by atoms with Gasteiger partial charge in [0.15, 0.2) is 22.8 Å². The average molecular weight is 443 g/mol. The third kappa shape index (κ3) is 3.70. The highest BCUT2D eigenvalue weighted by Crippen LogP contribution is 2.36. The van der Waals surface area contributed by atoms with Crippen molar-refractivity contribution in [1.82, 2.24) is 29.5 Å². The minimum atomic E-state index is -0.678. The van der Waals surface area contributed by atoms with Crippen LogP contribution in [0.3, 0.4) is 0 Å². The molecule has 0 radical (unpaired) electrons. The van der Waals surface area contributed by atoms with E-state index in [4.69, 9.17) is 32.0 Å². The molecule has 162 valence electrons. The van der Waals surface area contributed by atoms with Crippen LogP contribution in [0.5, 0.6) is 0 Å². The Morgan fingerprint density at radius 2 is 2.10 bits per heavy atom. The molecule has 1 aliphatic heterocycles. The predicted molar refractivity (Wildman–Crippen MR) is 115 cm³/mol. The molecule has 3 aromatic heterocycles. The fourth-order valence-corrected chi connectivity index (χ4v) is 4.08. The van der Waals surface area contributed by atoms with Crippen LogP contribution >= 0.6 is 11.6 Å². The molecule has 31 heavy (non-hydrogen) atoms. The van der Waals surface area contributed by atoms with E-state index < -0.39 is 5.91 Å². The van der Waals surface area contributed by atoms with Gasteiger partial charge in [-0.1, -0.05) is 0 Å². The van der Waals surface area contributed by atoms with Gasteiger partial charge in [0.05, 0.1) is 30.5 Å². The lowest BCUT2D eigenvalue weighted by molar-refractivity contribution is 0.0986. The minimum Gasteiger partial charge on any atom is -0.377 e. The van der Waals surface area contributed by atoms with E-state index in [9.17, 15) is 4.79 Å². The summed E-state index contributed by atoms with van der Waals surface area (Å²) in [6.07, 6.45) is 3.91. The summed E-state index contributed by atoms with van der Waals surface area (Å²) in [5.74, 6) is 1.06. The molecule has 4 heterocycles. The van der Waals surface area contributed by atoms with Gasteiger partial charge in [0.25, 0.3) is 5.91 Å². The van der Waals surface area contributed by atoms with Gasteiger partial charge in [0.2, 0.25) is 11.1 Å². The molecule has 2 aliphatic rings. The highest BCUT2D eigenvalue weighted by Gasteiger charge is 2.29. The first-order valence-corrected chi connectivity index (χ1v) is 10.7. The van der Waals surface area contributed by atoms with E-state index in [0.29, 0.717) is 65.0 Å². The summed E-state index contributed by atoms with van der Waals surface area (Å²) in [7, 11) is 0. The van der Waals surface area contributed by atoms with Crippen LogP contribution in [-0.4, -0.2) is 61.2 Å². The van der Waals surface area contributed by atoms with Crippen molar-refractivity contribution in [3.05, 3.63) is 23.0 Å². The van der Waals surface area contributed by atoms with Crippen molar-refractivity contribution in [2.75, 3.05) is 24.7 Å². The fraction of sp³-hybridized carbons (Fsp3) is 0.500. The van der Waals surface area contributed by atoms with E-state index in [2.05, 4.69) is 26.8 Å². The molecule has 1 amide bonds. The molecule has 0 spiro atoms. The van der Waals surface area contributed by atoms with Gasteiger partial charge in [0, 0.05) is 19.3 Å². The minimum absolute atomic E-state index is 0.0360. The Morgan fingerprint density at radius 1 is 1.29 bits per heavy atom. The first-order valence-electron chi connectivity index (χ1n) is 10.3. The van der Waals surface area contributed by atoms with Gasteiger partial charge in [0.1, 0.15) is 0 Å². The first-order chi connectivity index (χ1) is 14.9. The van der Waals surface area contributed by atoms with E-state index in [1.165, 1.54) is 12.8 Å². The molecule has 0 aromatic carbocycles. The van der Waals surface area contributed by atoms with Crippen molar-refractivity contribution in [1.29, 1.82) is 0 Å². The van der Waals surface area contributed by atoms with Crippen LogP contribution in [-0.2, 0) is 11.3 Å². The number of aryl methyl sites for hydroxylation is 1. The van der Waals surface area contributed by atoms with E-state index in [1.807, 2.05) is 4.57 Å². The van der Waals surface area contributed by atoms with Crippen LogP contribution in [0.4, 0.5) is 5.82 Å². The Morgan fingerprint density at radius 3 is 2.77 bits per heavy atom. The number of imidazole rings is 1. The zero-order valence-electron chi connectivity index (χ0n) is 17.4. The summed E-state index contributed by atoms with van der Waals surface area (Å²) >= 11 is 6.54. The lowest BCUT2D eigenvalue weighted by Gasteiger charge is -2.34. The number of halogens is 1. The molecule has 5 rings (SSSR count). The number of aromatic nitrogens is 6. The summed E-state index contributed by atoms with van der Waals surface area (Å²) in [6.45, 7) is 6.55. The number of amides is 1. The summed E-state index contributed by atoms with van der Waals surface area (Å²) < 4.78 is 7.57. The Bertz CT molecular complexity index is 1180. The number of carbonyl (C=O) groups is 1. The first kappa shape index (κ1) is 20.1. The smallest absolute Gasteiger partial charge is 0.286 e.